The molecule has 4 N–H and O–H groups in total. The number of aliphatic carboxylic acids is 2. The van der Waals surface area contributed by atoms with Gasteiger partial charge in [-0.1, -0.05) is 5.16 Å². The lowest BCUT2D eigenvalue weighted by Crippen LogP contribution is -2.20. The van der Waals surface area contributed by atoms with Gasteiger partial charge in [-0.3, -0.25) is 0 Å². The molecule has 31 heavy (non-hydrogen) atoms. The molecule has 0 fully saturated rings. The number of carboxylic acid groups (broad SMARTS) is 2. The number of carboxylic acids is 2. The molecule has 11 nitrogen and oxygen atoms in total. The molecule has 0 aliphatic rings. The number of aliphatic hydroxyl groups is 1. The number of nitrogens with zero attached hydrogens (tertiary/aromatic N) is 3. The molecule has 0 aliphatic carbocycles. The second kappa shape index (κ2) is 14.6. The Bertz CT molecular complexity index is 881. The van der Waals surface area contributed by atoms with Crippen LogP contribution in [0, 0.1) is 11.3 Å². The molecule has 0 saturated carbocycles. The van der Waals surface area contributed by atoms with Crippen molar-refractivity contribution in [1.82, 2.24) is 15.5 Å². The SMILES string of the molecule is COc1cc(S[C@H](CCNCCO)c2ccno2)c(C#N)cn1.O=C(O)/C=C/C(=O)O. The third-order valence-electron chi connectivity index (χ3n) is 3.46. The summed E-state index contributed by atoms with van der Waals surface area (Å²) in [5, 5.41) is 40.6. The van der Waals surface area contributed by atoms with Crippen LogP contribution in [0.1, 0.15) is 23.0 Å². The third-order valence-corrected chi connectivity index (χ3v) is 4.80. The number of ether oxygens (including phenoxy) is 1. The van der Waals surface area contributed by atoms with E-state index in [1.54, 1.807) is 12.3 Å². The zero-order valence-corrected chi connectivity index (χ0v) is 17.4. The zero-order chi connectivity index (χ0) is 23.1. The molecule has 2 rings (SSSR count). The standard InChI is InChI=1S/C15H18N4O3S.C4H4O4/c1-21-15-8-14(11(9-16)10-18-15)23-13(3-4-17-6-7-20)12-2-5-19-22-12;5-3(6)1-2-4(7)8/h2,5,8,10,13,17,20H,3-4,6-7H2,1H3;1-2H,(H,5,6)(H,7,8)/b;2-1+/t13-;/m1./s1. The van der Waals surface area contributed by atoms with Crippen LogP contribution in [0.4, 0.5) is 0 Å². The Morgan fingerprint density at radius 3 is 2.58 bits per heavy atom. The summed E-state index contributed by atoms with van der Waals surface area (Å²) in [5.41, 5.74) is 0.489. The van der Waals surface area contributed by atoms with Gasteiger partial charge in [-0.2, -0.15) is 5.26 Å². The van der Waals surface area contributed by atoms with Crippen LogP contribution in [0.2, 0.25) is 0 Å². The minimum Gasteiger partial charge on any atom is -0.481 e. The van der Waals surface area contributed by atoms with Crippen LogP contribution in [-0.4, -0.2) is 64.2 Å². The van der Waals surface area contributed by atoms with Crippen molar-refractivity contribution < 1.29 is 34.2 Å². The highest BCUT2D eigenvalue weighted by Crippen LogP contribution is 2.39. The number of nitrogens with one attached hydrogen (secondary N) is 1. The highest BCUT2D eigenvalue weighted by molar-refractivity contribution is 7.99. The van der Waals surface area contributed by atoms with Gasteiger partial charge in [0.15, 0.2) is 0 Å². The van der Waals surface area contributed by atoms with E-state index in [9.17, 15) is 14.9 Å². The fraction of sp³-hybridized carbons (Fsp3) is 0.316. The Morgan fingerprint density at radius 1 is 1.35 bits per heavy atom. The second-order valence-corrected chi connectivity index (χ2v) is 6.87. The van der Waals surface area contributed by atoms with Crippen LogP contribution in [0.3, 0.4) is 0 Å². The zero-order valence-electron chi connectivity index (χ0n) is 16.6. The van der Waals surface area contributed by atoms with Crippen molar-refractivity contribution in [3.05, 3.63) is 48.0 Å². The van der Waals surface area contributed by atoms with Gasteiger partial charge in [0.05, 0.1) is 30.7 Å². The fourth-order valence-electron chi connectivity index (χ4n) is 2.10. The maximum absolute atomic E-state index is 9.55. The number of carbonyl (C=O) groups is 2. The molecule has 166 valence electrons. The molecule has 1 atom stereocenters. The third kappa shape index (κ3) is 10.3. The first-order valence-corrected chi connectivity index (χ1v) is 9.76. The predicted molar refractivity (Wildman–Crippen MR) is 110 cm³/mol. The minimum absolute atomic E-state index is 0.0112. The van der Waals surface area contributed by atoms with Crippen LogP contribution in [0.15, 0.2) is 46.1 Å². The maximum atomic E-state index is 9.55. The monoisotopic (exact) mass is 450 g/mol. The Kier molecular flexibility index (Phi) is 12.0. The first kappa shape index (κ1) is 25.6. The molecule has 2 aromatic rings. The number of pyridine rings is 1. The summed E-state index contributed by atoms with van der Waals surface area (Å²) in [5.74, 6) is -1.32. The molecule has 2 heterocycles. The number of nitriles is 1. The summed E-state index contributed by atoms with van der Waals surface area (Å²) in [6, 6.07) is 5.70. The lowest BCUT2D eigenvalue weighted by Gasteiger charge is -2.15. The molecule has 0 radical (unpaired) electrons. The fourth-order valence-corrected chi connectivity index (χ4v) is 3.27. The van der Waals surface area contributed by atoms with Crippen LogP contribution in [0.5, 0.6) is 5.88 Å². The van der Waals surface area contributed by atoms with Gasteiger partial charge in [0, 0.05) is 41.9 Å². The van der Waals surface area contributed by atoms with Gasteiger partial charge in [-0.15, -0.1) is 11.8 Å². The molecule has 0 saturated heterocycles. The van der Waals surface area contributed by atoms with Crippen molar-refractivity contribution in [2.75, 3.05) is 26.8 Å². The van der Waals surface area contributed by atoms with E-state index in [1.165, 1.54) is 25.1 Å². The van der Waals surface area contributed by atoms with Crippen molar-refractivity contribution in [1.29, 1.82) is 5.26 Å². The number of hydrogen-bond donors (Lipinski definition) is 4. The minimum atomic E-state index is -1.26. The molecule has 2 aromatic heterocycles. The molecule has 0 amide bonds. The quantitative estimate of drug-likeness (QED) is 0.220. The van der Waals surface area contributed by atoms with E-state index in [1.807, 2.05) is 6.07 Å². The van der Waals surface area contributed by atoms with Gasteiger partial charge in [0.1, 0.15) is 11.8 Å². The molecular weight excluding hydrogens is 428 g/mol. The summed E-state index contributed by atoms with van der Waals surface area (Å²) < 4.78 is 10.4. The molecule has 0 bridgehead atoms. The second-order valence-electron chi connectivity index (χ2n) is 5.63. The Balaban J connectivity index is 0.000000512. The summed E-state index contributed by atoms with van der Waals surface area (Å²) in [4.78, 5) is 23.9. The smallest absolute Gasteiger partial charge is 0.328 e. The highest BCUT2D eigenvalue weighted by atomic mass is 32.2. The normalized spacial score (nSPS) is 11.3. The van der Waals surface area contributed by atoms with E-state index < -0.39 is 11.9 Å². The summed E-state index contributed by atoms with van der Waals surface area (Å²) in [6.45, 7) is 1.35. The first-order chi connectivity index (χ1) is 14.9. The summed E-state index contributed by atoms with van der Waals surface area (Å²) >= 11 is 1.51. The van der Waals surface area contributed by atoms with Crippen LogP contribution in [-0.2, 0) is 9.59 Å². The highest BCUT2D eigenvalue weighted by Gasteiger charge is 2.19. The van der Waals surface area contributed by atoms with E-state index in [4.69, 9.17) is 24.6 Å². The average molecular weight is 450 g/mol. The van der Waals surface area contributed by atoms with Crippen molar-refractivity contribution in [3.63, 3.8) is 0 Å². The van der Waals surface area contributed by atoms with Gasteiger partial charge < -0.3 is 29.9 Å². The van der Waals surface area contributed by atoms with Crippen LogP contribution >= 0.6 is 11.8 Å². The Morgan fingerprint density at radius 2 is 2.06 bits per heavy atom. The first-order valence-electron chi connectivity index (χ1n) is 8.88. The van der Waals surface area contributed by atoms with Crippen molar-refractivity contribution >= 4 is 23.7 Å². The maximum Gasteiger partial charge on any atom is 0.328 e. The van der Waals surface area contributed by atoms with Crippen molar-refractivity contribution in [2.45, 2.75) is 16.6 Å². The Hall–Kier alpha value is -3.40. The lowest BCUT2D eigenvalue weighted by atomic mass is 10.2. The molecule has 12 heteroatoms. The van der Waals surface area contributed by atoms with Gasteiger partial charge in [0.2, 0.25) is 5.88 Å². The van der Waals surface area contributed by atoms with E-state index in [-0.39, 0.29) is 11.9 Å². The van der Waals surface area contributed by atoms with E-state index in [0.717, 1.165) is 17.1 Å². The molecular formula is C19H22N4O7S. The topological polar surface area (TPSA) is 179 Å². The summed E-state index contributed by atoms with van der Waals surface area (Å²) in [6.07, 6.45) is 4.98. The Labute approximate surface area is 182 Å². The van der Waals surface area contributed by atoms with E-state index in [0.29, 0.717) is 36.7 Å². The number of rotatable bonds is 11. The predicted octanol–water partition coefficient (Wildman–Crippen LogP) is 1.47. The molecule has 0 spiro atoms. The number of thioether (sulfide) groups is 1. The molecule has 0 unspecified atom stereocenters. The number of hydrogen-bond acceptors (Lipinski definition) is 10. The van der Waals surface area contributed by atoms with Gasteiger partial charge in [0.25, 0.3) is 0 Å². The van der Waals surface area contributed by atoms with E-state index >= 15 is 0 Å². The van der Waals surface area contributed by atoms with Gasteiger partial charge >= 0.3 is 11.9 Å². The van der Waals surface area contributed by atoms with E-state index in [2.05, 4.69) is 21.5 Å². The van der Waals surface area contributed by atoms with Gasteiger partial charge in [-0.25, -0.2) is 14.6 Å². The van der Waals surface area contributed by atoms with Crippen LogP contribution < -0.4 is 10.1 Å². The van der Waals surface area contributed by atoms with Crippen molar-refractivity contribution in [3.8, 4) is 11.9 Å². The number of methoxy groups -OCH3 is 1. The number of aromatic nitrogens is 2. The summed E-state index contributed by atoms with van der Waals surface area (Å²) in [7, 11) is 1.54. The van der Waals surface area contributed by atoms with Crippen LogP contribution in [0.25, 0.3) is 0 Å². The largest absolute Gasteiger partial charge is 0.481 e. The van der Waals surface area contributed by atoms with Gasteiger partial charge in [-0.05, 0) is 13.0 Å². The number of aliphatic hydroxyl groups excluding tert-OH is 1. The molecule has 0 aromatic carbocycles. The lowest BCUT2D eigenvalue weighted by molar-refractivity contribution is -0.134. The molecule has 0 aliphatic heterocycles. The average Bonchev–Trinajstić information content (AvgIpc) is 3.29. The van der Waals surface area contributed by atoms with Crippen molar-refractivity contribution in [2.24, 2.45) is 0 Å².